The second-order valence-corrected chi connectivity index (χ2v) is 6.41. The smallest absolute Gasteiger partial charge is 0.344 e. The molecule has 0 aliphatic carbocycles. The van der Waals surface area contributed by atoms with Gasteiger partial charge in [-0.15, -0.1) is 6.58 Å². The van der Waals surface area contributed by atoms with Crippen molar-refractivity contribution in [3.63, 3.8) is 0 Å². The van der Waals surface area contributed by atoms with Gasteiger partial charge in [-0.3, -0.25) is 0 Å². The van der Waals surface area contributed by atoms with Crippen LogP contribution >= 0.6 is 0 Å². The third kappa shape index (κ3) is 3.27. The highest BCUT2D eigenvalue weighted by molar-refractivity contribution is 5.85. The minimum atomic E-state index is -1.21. The topological polar surface area (TPSA) is 111 Å². The van der Waals surface area contributed by atoms with Gasteiger partial charge in [0, 0.05) is 29.5 Å². The number of phenolic OH excluding ortho intramolecular Hbond substituents is 3. The summed E-state index contributed by atoms with van der Waals surface area (Å²) in [4.78, 5) is 12.3. The minimum absolute atomic E-state index is 0.108. The van der Waals surface area contributed by atoms with Crippen molar-refractivity contribution in [2.45, 2.75) is 18.9 Å². The van der Waals surface area contributed by atoms with Crippen LogP contribution in [0.1, 0.15) is 12.5 Å². The molecule has 0 spiro atoms. The molecule has 3 aromatic rings. The lowest BCUT2D eigenvalue weighted by atomic mass is 9.94. The molecule has 1 atom stereocenters. The monoisotopic (exact) mass is 354 g/mol. The van der Waals surface area contributed by atoms with Crippen LogP contribution in [0.25, 0.3) is 22.1 Å². The number of phenols is 3. The van der Waals surface area contributed by atoms with Crippen LogP contribution in [0.15, 0.2) is 58.3 Å². The van der Waals surface area contributed by atoms with E-state index in [-0.39, 0.29) is 40.4 Å². The zero-order chi connectivity index (χ0) is 19.1. The second-order valence-electron chi connectivity index (χ2n) is 6.41. The van der Waals surface area contributed by atoms with E-state index in [4.69, 9.17) is 4.42 Å². The molecule has 0 aliphatic rings. The molecule has 26 heavy (non-hydrogen) atoms. The Morgan fingerprint density at radius 3 is 2.46 bits per heavy atom. The molecule has 0 saturated heterocycles. The van der Waals surface area contributed by atoms with E-state index in [9.17, 15) is 25.2 Å². The van der Waals surface area contributed by atoms with Crippen LogP contribution in [0.4, 0.5) is 0 Å². The molecule has 0 aliphatic heterocycles. The molecule has 1 aromatic heterocycles. The molecule has 1 unspecified atom stereocenters. The highest BCUT2D eigenvalue weighted by atomic mass is 16.4. The molecule has 134 valence electrons. The van der Waals surface area contributed by atoms with E-state index in [0.717, 1.165) is 6.07 Å². The van der Waals surface area contributed by atoms with Crippen molar-refractivity contribution < 1.29 is 24.8 Å². The van der Waals surface area contributed by atoms with Gasteiger partial charge >= 0.3 is 5.63 Å². The van der Waals surface area contributed by atoms with Gasteiger partial charge in [0.15, 0.2) is 0 Å². The molecule has 0 saturated carbocycles. The number of hydrogen-bond donors (Lipinski definition) is 4. The Morgan fingerprint density at radius 2 is 1.81 bits per heavy atom. The number of rotatable bonds is 4. The van der Waals surface area contributed by atoms with Crippen LogP contribution in [0.3, 0.4) is 0 Å². The molecule has 6 heteroatoms. The lowest BCUT2D eigenvalue weighted by molar-refractivity contribution is 0.112. The number of hydrogen-bond acceptors (Lipinski definition) is 6. The van der Waals surface area contributed by atoms with Crippen molar-refractivity contribution in [3.05, 3.63) is 65.0 Å². The maximum absolute atomic E-state index is 12.3. The van der Waals surface area contributed by atoms with E-state index >= 15 is 0 Å². The summed E-state index contributed by atoms with van der Waals surface area (Å²) in [6.45, 7) is 5.13. The summed E-state index contributed by atoms with van der Waals surface area (Å²) < 4.78 is 5.25. The maximum atomic E-state index is 12.3. The Bertz CT molecular complexity index is 1060. The first-order valence-corrected chi connectivity index (χ1v) is 7.88. The first-order valence-electron chi connectivity index (χ1n) is 7.88. The highest BCUT2D eigenvalue weighted by Crippen LogP contribution is 2.33. The lowest BCUT2D eigenvalue weighted by Crippen LogP contribution is -2.23. The molecule has 6 nitrogen and oxygen atoms in total. The highest BCUT2D eigenvalue weighted by Gasteiger charge is 2.20. The van der Waals surface area contributed by atoms with Gasteiger partial charge in [-0.25, -0.2) is 4.79 Å². The van der Waals surface area contributed by atoms with Gasteiger partial charge in [-0.2, -0.15) is 0 Å². The van der Waals surface area contributed by atoms with E-state index in [0.29, 0.717) is 10.9 Å². The Balaban J connectivity index is 2.18. The van der Waals surface area contributed by atoms with Gasteiger partial charge in [0.2, 0.25) is 0 Å². The van der Waals surface area contributed by atoms with Crippen molar-refractivity contribution in [1.29, 1.82) is 0 Å². The minimum Gasteiger partial charge on any atom is -0.508 e. The van der Waals surface area contributed by atoms with Crippen LogP contribution in [-0.2, 0) is 6.42 Å². The van der Waals surface area contributed by atoms with E-state index in [2.05, 4.69) is 6.58 Å². The Kier molecular flexibility index (Phi) is 4.21. The molecule has 0 fully saturated rings. The predicted octanol–water partition coefficient (Wildman–Crippen LogP) is 3.06. The van der Waals surface area contributed by atoms with Crippen LogP contribution in [0, 0.1) is 0 Å². The van der Waals surface area contributed by atoms with Gasteiger partial charge in [0.05, 0.1) is 11.2 Å². The van der Waals surface area contributed by atoms with E-state index in [1.165, 1.54) is 30.3 Å². The summed E-state index contributed by atoms with van der Waals surface area (Å²) in [5.41, 5.74) is -0.940. The lowest BCUT2D eigenvalue weighted by Gasteiger charge is -2.19. The van der Waals surface area contributed by atoms with Crippen LogP contribution in [0.5, 0.6) is 17.2 Å². The molecule has 0 radical (unpaired) electrons. The van der Waals surface area contributed by atoms with Gasteiger partial charge in [-0.05, 0) is 36.8 Å². The molecule has 0 amide bonds. The number of aliphatic hydroxyl groups is 1. The van der Waals surface area contributed by atoms with Gasteiger partial charge in [0.25, 0.3) is 0 Å². The van der Waals surface area contributed by atoms with Crippen molar-refractivity contribution in [1.82, 2.24) is 0 Å². The second kappa shape index (κ2) is 6.24. The molecule has 1 heterocycles. The zero-order valence-electron chi connectivity index (χ0n) is 14.1. The van der Waals surface area contributed by atoms with Crippen LogP contribution < -0.4 is 5.63 Å². The van der Waals surface area contributed by atoms with Gasteiger partial charge < -0.3 is 24.8 Å². The fourth-order valence-corrected chi connectivity index (χ4v) is 2.74. The largest absolute Gasteiger partial charge is 0.508 e. The van der Waals surface area contributed by atoms with E-state index in [1.54, 1.807) is 13.0 Å². The predicted molar refractivity (Wildman–Crippen MR) is 97.4 cm³/mol. The molecular formula is C20H18O6. The Labute approximate surface area is 148 Å². The molecule has 0 bridgehead atoms. The summed E-state index contributed by atoms with van der Waals surface area (Å²) in [5.74, 6) is -0.497. The Hall–Kier alpha value is -3.25. The van der Waals surface area contributed by atoms with Gasteiger partial charge in [0.1, 0.15) is 22.8 Å². The van der Waals surface area contributed by atoms with Crippen molar-refractivity contribution in [2.75, 3.05) is 0 Å². The number of fused-ring (bicyclic) bond motifs is 1. The number of aromatic hydroxyl groups is 3. The summed E-state index contributed by atoms with van der Waals surface area (Å²) in [6, 6.07) is 8.33. The quantitative estimate of drug-likeness (QED) is 0.423. The summed E-state index contributed by atoms with van der Waals surface area (Å²) in [6.07, 6.45) is 1.50. The summed E-state index contributed by atoms with van der Waals surface area (Å²) >= 11 is 0. The summed E-state index contributed by atoms with van der Waals surface area (Å²) in [5, 5.41) is 40.2. The van der Waals surface area contributed by atoms with Crippen molar-refractivity contribution in [2.24, 2.45) is 0 Å². The zero-order valence-corrected chi connectivity index (χ0v) is 14.1. The maximum Gasteiger partial charge on any atom is 0.344 e. The molecule has 2 aromatic carbocycles. The molecule has 3 rings (SSSR count). The number of benzene rings is 2. The molecular weight excluding hydrogens is 336 g/mol. The fraction of sp³-hybridized carbons (Fsp3) is 0.150. The third-order valence-electron chi connectivity index (χ3n) is 4.19. The fourth-order valence-electron chi connectivity index (χ4n) is 2.74. The first kappa shape index (κ1) is 17.6. The van der Waals surface area contributed by atoms with Crippen molar-refractivity contribution >= 4 is 11.0 Å². The van der Waals surface area contributed by atoms with E-state index in [1.807, 2.05) is 0 Å². The van der Waals surface area contributed by atoms with Crippen LogP contribution in [-0.4, -0.2) is 26.0 Å². The Morgan fingerprint density at radius 1 is 1.08 bits per heavy atom. The average Bonchev–Trinajstić information content (AvgIpc) is 2.56. The van der Waals surface area contributed by atoms with Crippen molar-refractivity contribution in [3.8, 4) is 28.4 Å². The first-order chi connectivity index (χ1) is 12.2. The average molecular weight is 354 g/mol. The molecule has 4 N–H and O–H groups in total. The standard InChI is InChI=1S/C20H18O6/c1-3-20(2,25)10-12-6-11-7-15(14-5-4-13(21)8-17(14)23)19(24)26-18(11)9-16(12)22/h3-9,21-23,25H,1,10H2,2H3. The normalized spacial score (nSPS) is 13.5. The van der Waals surface area contributed by atoms with Crippen LogP contribution in [0.2, 0.25) is 0 Å². The van der Waals surface area contributed by atoms with E-state index < -0.39 is 11.2 Å². The summed E-state index contributed by atoms with van der Waals surface area (Å²) in [7, 11) is 0. The third-order valence-corrected chi connectivity index (χ3v) is 4.19. The van der Waals surface area contributed by atoms with Gasteiger partial charge in [-0.1, -0.05) is 6.08 Å². The SMILES string of the molecule is C=CC(C)(O)Cc1cc2cc(-c3ccc(O)cc3O)c(=O)oc2cc1O.